The second kappa shape index (κ2) is 5.82. The van der Waals surface area contributed by atoms with E-state index in [2.05, 4.69) is 26.2 Å². The number of hydrogen-bond donors (Lipinski definition) is 0. The topological polar surface area (TPSA) is 26.3 Å². The van der Waals surface area contributed by atoms with E-state index in [9.17, 15) is 4.79 Å². The minimum Gasteiger partial charge on any atom is -0.426 e. The smallest absolute Gasteiger partial charge is 0.317 e. The van der Waals surface area contributed by atoms with E-state index in [1.54, 1.807) is 18.2 Å². The van der Waals surface area contributed by atoms with Gasteiger partial charge in [0.15, 0.2) is 0 Å². The van der Waals surface area contributed by atoms with Crippen LogP contribution in [-0.2, 0) is 4.79 Å². The van der Waals surface area contributed by atoms with Gasteiger partial charge in [-0.3, -0.25) is 4.79 Å². The lowest BCUT2D eigenvalue weighted by molar-refractivity contribution is -0.136. The van der Waals surface area contributed by atoms with Crippen molar-refractivity contribution in [3.05, 3.63) is 43.0 Å². The third-order valence-electron chi connectivity index (χ3n) is 2.38. The van der Waals surface area contributed by atoms with E-state index in [1.807, 2.05) is 18.2 Å². The van der Waals surface area contributed by atoms with E-state index in [0.717, 1.165) is 6.04 Å². The van der Waals surface area contributed by atoms with Crippen molar-refractivity contribution in [2.45, 2.75) is 25.7 Å². The number of carbonyl (C=O) groups excluding carboxylic acids is 1. The molecule has 3 heteroatoms. The van der Waals surface area contributed by atoms with Gasteiger partial charge in [-0.15, -0.1) is 6.58 Å². The van der Waals surface area contributed by atoms with Crippen LogP contribution < -0.4 is 4.74 Å². The number of ether oxygens (including phenoxy) is 1. The number of hydrogen-bond acceptors (Lipinski definition) is 2. The van der Waals surface area contributed by atoms with Crippen molar-refractivity contribution in [3.63, 3.8) is 0 Å². The predicted octanol–water partition coefficient (Wildman–Crippen LogP) is 3.73. The Labute approximate surface area is 104 Å². The van der Waals surface area contributed by atoms with Crippen molar-refractivity contribution in [3.8, 4) is 5.75 Å². The Morgan fingerprint density at radius 2 is 1.94 bits per heavy atom. The van der Waals surface area contributed by atoms with Crippen LogP contribution in [0.5, 0.6) is 5.75 Å². The molecule has 0 aromatic heterocycles. The molecule has 1 aromatic carbocycles. The van der Waals surface area contributed by atoms with Gasteiger partial charge in [0.25, 0.3) is 0 Å². The summed E-state index contributed by atoms with van der Waals surface area (Å²) in [5, 5.41) is 0. The molecule has 17 heavy (non-hydrogen) atoms. The molecule has 0 aliphatic carbocycles. The molecule has 0 spiro atoms. The highest BCUT2D eigenvalue weighted by Gasteiger charge is 2.25. The molecule has 0 heterocycles. The summed E-state index contributed by atoms with van der Waals surface area (Å²) in [5.74, 6) is 0.204. The van der Waals surface area contributed by atoms with Crippen LogP contribution in [0.15, 0.2) is 43.0 Å². The zero-order valence-electron chi connectivity index (χ0n) is 10.8. The molecule has 0 saturated carbocycles. The van der Waals surface area contributed by atoms with Gasteiger partial charge in [0.05, 0.1) is 5.92 Å². The van der Waals surface area contributed by atoms with Crippen molar-refractivity contribution in [2.75, 3.05) is 0 Å². The Morgan fingerprint density at radius 1 is 1.35 bits per heavy atom. The Bertz CT molecular complexity index is 379. The van der Waals surface area contributed by atoms with Crippen LogP contribution in [0.3, 0.4) is 0 Å². The van der Waals surface area contributed by atoms with E-state index in [4.69, 9.17) is 4.74 Å². The minimum absolute atomic E-state index is 0.193. The fourth-order valence-electron chi connectivity index (χ4n) is 1.60. The van der Waals surface area contributed by atoms with Crippen molar-refractivity contribution in [1.29, 1.82) is 0 Å². The third kappa shape index (κ3) is 5.00. The zero-order chi connectivity index (χ0) is 12.9. The number of esters is 1. The monoisotopic (exact) mass is 248 g/mol. The van der Waals surface area contributed by atoms with Crippen LogP contribution in [-0.4, -0.2) is 14.0 Å². The lowest BCUT2D eigenvalue weighted by atomic mass is 10.2. The molecule has 0 amide bonds. The Hall–Kier alpha value is -1.35. The van der Waals surface area contributed by atoms with Crippen molar-refractivity contribution < 1.29 is 9.53 Å². The maximum atomic E-state index is 12.0. The Morgan fingerprint density at radius 3 is 2.41 bits per heavy atom. The quantitative estimate of drug-likeness (QED) is 0.343. The largest absolute Gasteiger partial charge is 0.426 e. The number of carbonyl (C=O) groups is 1. The van der Waals surface area contributed by atoms with Crippen LogP contribution in [0, 0.1) is 5.92 Å². The number of benzene rings is 1. The zero-order valence-corrected chi connectivity index (χ0v) is 11.8. The molecule has 1 unspecified atom stereocenters. The minimum atomic E-state index is -1.29. The van der Waals surface area contributed by atoms with Gasteiger partial charge in [-0.25, -0.2) is 0 Å². The average Bonchev–Trinajstić information content (AvgIpc) is 2.26. The van der Waals surface area contributed by atoms with Gasteiger partial charge < -0.3 is 4.74 Å². The molecule has 92 valence electrons. The summed E-state index contributed by atoms with van der Waals surface area (Å²) in [6.45, 7) is 10.4. The van der Waals surface area contributed by atoms with Crippen LogP contribution in [0.25, 0.3) is 0 Å². The molecule has 1 aromatic rings. The van der Waals surface area contributed by atoms with Crippen LogP contribution in [0.1, 0.15) is 0 Å². The lowest BCUT2D eigenvalue weighted by Crippen LogP contribution is -2.29. The molecular weight excluding hydrogens is 228 g/mol. The molecule has 0 fully saturated rings. The van der Waals surface area contributed by atoms with Crippen molar-refractivity contribution >= 4 is 14.0 Å². The van der Waals surface area contributed by atoms with E-state index in [-0.39, 0.29) is 11.9 Å². The van der Waals surface area contributed by atoms with Gasteiger partial charge in [0.2, 0.25) is 0 Å². The highest BCUT2D eigenvalue weighted by molar-refractivity contribution is 6.76. The molecular formula is C14H20O2Si. The number of para-hydroxylation sites is 1. The van der Waals surface area contributed by atoms with E-state index in [0.29, 0.717) is 5.75 Å². The summed E-state index contributed by atoms with van der Waals surface area (Å²) in [6.07, 6.45) is 1.70. The first-order valence-corrected chi connectivity index (χ1v) is 9.52. The van der Waals surface area contributed by atoms with Gasteiger partial charge in [-0.05, 0) is 18.2 Å². The Kier molecular flexibility index (Phi) is 4.69. The number of rotatable bonds is 5. The summed E-state index contributed by atoms with van der Waals surface area (Å²) in [5.41, 5.74) is 0. The third-order valence-corrected chi connectivity index (χ3v) is 4.05. The van der Waals surface area contributed by atoms with E-state index >= 15 is 0 Å². The first-order valence-electron chi connectivity index (χ1n) is 5.82. The lowest BCUT2D eigenvalue weighted by Gasteiger charge is -2.20. The fourth-order valence-corrected chi connectivity index (χ4v) is 3.26. The molecule has 0 N–H and O–H groups in total. The second-order valence-electron chi connectivity index (χ2n) is 5.34. The van der Waals surface area contributed by atoms with E-state index < -0.39 is 8.07 Å². The maximum Gasteiger partial charge on any atom is 0.317 e. The molecule has 0 saturated heterocycles. The van der Waals surface area contributed by atoms with Crippen LogP contribution in [0.2, 0.25) is 25.7 Å². The molecule has 0 aliphatic heterocycles. The highest BCUT2D eigenvalue weighted by Crippen LogP contribution is 2.20. The van der Waals surface area contributed by atoms with Gasteiger partial charge >= 0.3 is 5.97 Å². The molecule has 2 nitrogen and oxygen atoms in total. The van der Waals surface area contributed by atoms with Gasteiger partial charge in [-0.2, -0.15) is 0 Å². The van der Waals surface area contributed by atoms with Gasteiger partial charge in [0.1, 0.15) is 5.75 Å². The summed E-state index contributed by atoms with van der Waals surface area (Å²) in [4.78, 5) is 12.0. The van der Waals surface area contributed by atoms with Crippen LogP contribution >= 0.6 is 0 Å². The van der Waals surface area contributed by atoms with Crippen molar-refractivity contribution in [1.82, 2.24) is 0 Å². The highest BCUT2D eigenvalue weighted by atomic mass is 28.3. The maximum absolute atomic E-state index is 12.0. The molecule has 0 bridgehead atoms. The summed E-state index contributed by atoms with van der Waals surface area (Å²) < 4.78 is 5.33. The Balaban J connectivity index is 2.65. The molecule has 0 radical (unpaired) electrons. The first-order chi connectivity index (χ1) is 7.92. The van der Waals surface area contributed by atoms with Crippen molar-refractivity contribution in [2.24, 2.45) is 5.92 Å². The summed E-state index contributed by atoms with van der Waals surface area (Å²) in [7, 11) is -1.29. The molecule has 1 rings (SSSR count). The van der Waals surface area contributed by atoms with Crippen LogP contribution in [0.4, 0.5) is 0 Å². The summed E-state index contributed by atoms with van der Waals surface area (Å²) >= 11 is 0. The first kappa shape index (κ1) is 13.7. The van der Waals surface area contributed by atoms with E-state index in [1.165, 1.54) is 0 Å². The normalized spacial score (nSPS) is 12.9. The predicted molar refractivity (Wildman–Crippen MR) is 73.9 cm³/mol. The SMILES string of the molecule is C=CC(C[Si](C)(C)C)C(=O)Oc1ccccc1. The second-order valence-corrected chi connectivity index (χ2v) is 10.9. The van der Waals surface area contributed by atoms with Gasteiger partial charge in [0, 0.05) is 8.07 Å². The average molecular weight is 248 g/mol. The summed E-state index contributed by atoms with van der Waals surface area (Å²) in [6, 6.07) is 10.0. The van der Waals surface area contributed by atoms with Gasteiger partial charge in [-0.1, -0.05) is 43.9 Å². The standard InChI is InChI=1S/C14H20O2Si/c1-5-12(11-17(2,3)4)14(15)16-13-9-7-6-8-10-13/h5-10,12H,1,11H2,2-4H3. The molecule has 0 aliphatic rings. The molecule has 1 atom stereocenters. The fraction of sp³-hybridized carbons (Fsp3) is 0.357.